The molecular weight excluding hydrogens is 372 g/mol. The van der Waals surface area contributed by atoms with Crippen LogP contribution in [0.5, 0.6) is 0 Å². The Kier molecular flexibility index (Phi) is 5.91. The van der Waals surface area contributed by atoms with E-state index in [2.05, 4.69) is 15.5 Å². The lowest BCUT2D eigenvalue weighted by Crippen LogP contribution is -2.52. The molecule has 1 aliphatic rings. The van der Waals surface area contributed by atoms with Crippen molar-refractivity contribution in [3.8, 4) is 11.5 Å². The lowest BCUT2D eigenvalue weighted by Gasteiger charge is -2.38. The fourth-order valence-corrected chi connectivity index (χ4v) is 3.43. The van der Waals surface area contributed by atoms with E-state index in [1.807, 2.05) is 33.8 Å². The van der Waals surface area contributed by atoms with Gasteiger partial charge < -0.3 is 19.5 Å². The third-order valence-electron chi connectivity index (χ3n) is 4.77. The first-order chi connectivity index (χ1) is 13.6. The summed E-state index contributed by atoms with van der Waals surface area (Å²) in [7, 11) is 0. The molecule has 0 bridgehead atoms. The molecule has 0 radical (unpaired) electrons. The lowest BCUT2D eigenvalue weighted by atomic mass is 9.97. The monoisotopic (exact) mass is 400 g/mol. The highest BCUT2D eigenvalue weighted by Gasteiger charge is 2.32. The molecule has 3 rings (SSSR count). The van der Waals surface area contributed by atoms with Gasteiger partial charge in [0.1, 0.15) is 5.60 Å². The molecule has 0 unspecified atom stereocenters. The summed E-state index contributed by atoms with van der Waals surface area (Å²) in [6, 6.07) is 7.09. The topological polar surface area (TPSA) is 97.6 Å². The lowest BCUT2D eigenvalue weighted by molar-refractivity contribution is 0.00960. The molecule has 1 fully saturated rings. The predicted octanol–water partition coefficient (Wildman–Crippen LogP) is 3.56. The average molecular weight is 400 g/mol. The van der Waals surface area contributed by atoms with Gasteiger partial charge in [-0.2, -0.15) is 4.98 Å². The summed E-state index contributed by atoms with van der Waals surface area (Å²) in [5, 5.41) is 6.88. The second-order valence-corrected chi connectivity index (χ2v) is 8.41. The Balaban J connectivity index is 1.65. The highest BCUT2D eigenvalue weighted by molar-refractivity contribution is 6.00. The minimum Gasteiger partial charge on any atom is -0.444 e. The summed E-state index contributed by atoms with van der Waals surface area (Å²) in [6.07, 6.45) is 1.01. The summed E-state index contributed by atoms with van der Waals surface area (Å²) in [5.74, 6) is 0.638. The molecule has 1 aromatic heterocycles. The molecule has 1 aromatic carbocycles. The van der Waals surface area contributed by atoms with Crippen LogP contribution in [0.25, 0.3) is 11.5 Å². The second kappa shape index (κ2) is 8.23. The first-order valence-electron chi connectivity index (χ1n) is 9.84. The quantitative estimate of drug-likeness (QED) is 0.846. The predicted molar refractivity (Wildman–Crippen MR) is 107 cm³/mol. The number of likely N-dealkylation sites (tertiary alicyclic amines) is 1. The van der Waals surface area contributed by atoms with E-state index < -0.39 is 5.60 Å². The number of aryl methyl sites for hydroxylation is 1. The zero-order valence-electron chi connectivity index (χ0n) is 17.6. The van der Waals surface area contributed by atoms with Gasteiger partial charge >= 0.3 is 6.09 Å². The Bertz CT molecular complexity index is 887. The Hall–Kier alpha value is -2.90. The van der Waals surface area contributed by atoms with Crippen LogP contribution in [-0.2, 0) is 4.74 Å². The number of carbonyl (C=O) groups excluding carboxylic acids is 2. The number of nitrogens with zero attached hydrogens (tertiary/aromatic N) is 3. The number of ether oxygens (including phenoxy) is 1. The first-order valence-corrected chi connectivity index (χ1v) is 9.84. The van der Waals surface area contributed by atoms with Crippen molar-refractivity contribution in [3.63, 3.8) is 0 Å². The molecule has 156 valence electrons. The van der Waals surface area contributed by atoms with Gasteiger partial charge in [-0.25, -0.2) is 4.79 Å². The molecule has 1 N–H and O–H groups in total. The third-order valence-corrected chi connectivity index (χ3v) is 4.77. The number of amides is 2. The third kappa shape index (κ3) is 5.13. The smallest absolute Gasteiger partial charge is 0.410 e. The number of nitrogens with one attached hydrogen (secondary N) is 1. The standard InChI is InChI=1S/C21H28N4O4/c1-13-12-15(10-11-25(13)20(27)28-21(3,4)5)23-18(26)16-8-6-7-9-17(16)19-22-14(2)24-29-19/h6-9,13,15H,10-12H2,1-5H3,(H,23,26)/t13-,15-/m0/s1. The van der Waals surface area contributed by atoms with Crippen molar-refractivity contribution in [2.45, 2.75) is 65.1 Å². The van der Waals surface area contributed by atoms with Gasteiger partial charge in [-0.1, -0.05) is 17.3 Å². The molecule has 29 heavy (non-hydrogen) atoms. The van der Waals surface area contributed by atoms with Gasteiger partial charge in [0, 0.05) is 18.6 Å². The Morgan fingerprint density at radius 3 is 2.62 bits per heavy atom. The minimum atomic E-state index is -0.529. The van der Waals surface area contributed by atoms with Crippen LogP contribution in [0.4, 0.5) is 4.79 Å². The molecular formula is C21H28N4O4. The number of benzene rings is 1. The maximum Gasteiger partial charge on any atom is 0.410 e. The summed E-state index contributed by atoms with van der Waals surface area (Å²) < 4.78 is 10.7. The van der Waals surface area contributed by atoms with Crippen molar-refractivity contribution in [3.05, 3.63) is 35.7 Å². The van der Waals surface area contributed by atoms with Crippen LogP contribution in [0.3, 0.4) is 0 Å². The Morgan fingerprint density at radius 1 is 1.28 bits per heavy atom. The zero-order chi connectivity index (χ0) is 21.2. The van der Waals surface area contributed by atoms with E-state index in [4.69, 9.17) is 9.26 Å². The molecule has 8 nitrogen and oxygen atoms in total. The van der Waals surface area contributed by atoms with Crippen molar-refractivity contribution in [1.82, 2.24) is 20.4 Å². The summed E-state index contributed by atoms with van der Waals surface area (Å²) in [5.41, 5.74) is 0.557. The number of hydrogen-bond acceptors (Lipinski definition) is 6. The van der Waals surface area contributed by atoms with Crippen LogP contribution in [0.2, 0.25) is 0 Å². The molecule has 2 heterocycles. The summed E-state index contributed by atoms with van der Waals surface area (Å²) in [6.45, 7) is 9.79. The molecule has 0 spiro atoms. The van der Waals surface area contributed by atoms with Gasteiger partial charge in [-0.15, -0.1) is 0 Å². The van der Waals surface area contributed by atoms with E-state index in [1.54, 1.807) is 30.0 Å². The van der Waals surface area contributed by atoms with Crippen LogP contribution in [0.15, 0.2) is 28.8 Å². The molecule has 8 heteroatoms. The van der Waals surface area contributed by atoms with Crippen LogP contribution in [0, 0.1) is 6.92 Å². The number of hydrogen-bond donors (Lipinski definition) is 1. The highest BCUT2D eigenvalue weighted by atomic mass is 16.6. The summed E-state index contributed by atoms with van der Waals surface area (Å²) >= 11 is 0. The zero-order valence-corrected chi connectivity index (χ0v) is 17.6. The molecule has 0 saturated carbocycles. The van der Waals surface area contributed by atoms with Crippen molar-refractivity contribution in [2.24, 2.45) is 0 Å². The van der Waals surface area contributed by atoms with E-state index in [0.717, 1.165) is 0 Å². The Labute approximate surface area is 170 Å². The molecule has 1 saturated heterocycles. The van der Waals surface area contributed by atoms with Crippen molar-refractivity contribution in [1.29, 1.82) is 0 Å². The largest absolute Gasteiger partial charge is 0.444 e. The van der Waals surface area contributed by atoms with Crippen LogP contribution < -0.4 is 5.32 Å². The van der Waals surface area contributed by atoms with Crippen LogP contribution in [-0.4, -0.2) is 51.3 Å². The van der Waals surface area contributed by atoms with E-state index in [1.165, 1.54) is 0 Å². The van der Waals surface area contributed by atoms with Gasteiger partial charge in [0.2, 0.25) is 0 Å². The van der Waals surface area contributed by atoms with Crippen LogP contribution in [0.1, 0.15) is 56.7 Å². The number of carbonyl (C=O) groups is 2. The second-order valence-electron chi connectivity index (χ2n) is 8.41. The Morgan fingerprint density at radius 2 is 2.00 bits per heavy atom. The molecule has 2 aromatic rings. The van der Waals surface area contributed by atoms with E-state index >= 15 is 0 Å². The number of aromatic nitrogens is 2. The molecule has 2 atom stereocenters. The van der Waals surface area contributed by atoms with E-state index in [0.29, 0.717) is 42.2 Å². The maximum atomic E-state index is 12.9. The fraction of sp³-hybridized carbons (Fsp3) is 0.524. The van der Waals surface area contributed by atoms with Gasteiger partial charge in [0.05, 0.1) is 11.1 Å². The molecule has 0 aliphatic carbocycles. The maximum absolute atomic E-state index is 12.9. The number of rotatable bonds is 3. The highest BCUT2D eigenvalue weighted by Crippen LogP contribution is 2.24. The normalized spacial score (nSPS) is 19.7. The van der Waals surface area contributed by atoms with E-state index in [-0.39, 0.29) is 24.1 Å². The molecule has 1 aliphatic heterocycles. The van der Waals surface area contributed by atoms with Crippen molar-refractivity contribution < 1.29 is 18.8 Å². The first kappa shape index (κ1) is 20.8. The van der Waals surface area contributed by atoms with Gasteiger partial charge in [0.15, 0.2) is 5.82 Å². The fourth-order valence-electron chi connectivity index (χ4n) is 3.43. The van der Waals surface area contributed by atoms with Gasteiger partial charge in [-0.05, 0) is 59.6 Å². The minimum absolute atomic E-state index is 0.0299. The van der Waals surface area contributed by atoms with Crippen LogP contribution >= 0.6 is 0 Å². The van der Waals surface area contributed by atoms with E-state index in [9.17, 15) is 9.59 Å². The SMILES string of the molecule is Cc1noc(-c2ccccc2C(=O)N[C@H]2CCN(C(=O)OC(C)(C)C)[C@@H](C)C2)n1. The van der Waals surface area contributed by atoms with Gasteiger partial charge in [0.25, 0.3) is 11.8 Å². The van der Waals surface area contributed by atoms with Gasteiger partial charge in [-0.3, -0.25) is 4.79 Å². The number of piperidine rings is 1. The average Bonchev–Trinajstić information content (AvgIpc) is 3.06. The summed E-state index contributed by atoms with van der Waals surface area (Å²) in [4.78, 5) is 31.2. The molecule has 2 amide bonds. The van der Waals surface area contributed by atoms with Crippen molar-refractivity contribution in [2.75, 3.05) is 6.54 Å². The van der Waals surface area contributed by atoms with Crippen molar-refractivity contribution >= 4 is 12.0 Å².